The van der Waals surface area contributed by atoms with Crippen LogP contribution in [0.15, 0.2) is 0 Å². The van der Waals surface area contributed by atoms with Gasteiger partial charge < -0.3 is 10.4 Å². The fourth-order valence-electron chi connectivity index (χ4n) is 3.05. The normalized spacial score (nSPS) is 35.2. The number of halogens is 3. The van der Waals surface area contributed by atoms with Gasteiger partial charge in [0, 0.05) is 11.8 Å². The lowest BCUT2D eigenvalue weighted by molar-refractivity contribution is -0.160. The van der Waals surface area contributed by atoms with E-state index < -0.39 is 29.8 Å². The van der Waals surface area contributed by atoms with Gasteiger partial charge in [0.25, 0.3) is 0 Å². The van der Waals surface area contributed by atoms with E-state index in [4.69, 9.17) is 5.11 Å². The Bertz CT molecular complexity index is 340. The van der Waals surface area contributed by atoms with E-state index in [2.05, 4.69) is 5.32 Å². The molecule has 2 saturated heterocycles. The van der Waals surface area contributed by atoms with E-state index in [1.54, 1.807) is 0 Å². The van der Waals surface area contributed by atoms with Crippen molar-refractivity contribution in [1.82, 2.24) is 10.2 Å². The second-order valence-corrected chi connectivity index (χ2v) is 4.94. The highest BCUT2D eigenvalue weighted by Crippen LogP contribution is 2.59. The van der Waals surface area contributed by atoms with Crippen molar-refractivity contribution in [3.8, 4) is 0 Å². The lowest BCUT2D eigenvalue weighted by Crippen LogP contribution is -2.55. The first-order chi connectivity index (χ1) is 7.73. The van der Waals surface area contributed by atoms with Crippen LogP contribution in [0.1, 0.15) is 26.2 Å². The van der Waals surface area contributed by atoms with Gasteiger partial charge in [-0.3, -0.25) is 0 Å². The molecule has 4 nitrogen and oxygen atoms in total. The van der Waals surface area contributed by atoms with Crippen LogP contribution in [0.2, 0.25) is 0 Å². The Morgan fingerprint density at radius 1 is 1.29 bits per heavy atom. The largest absolute Gasteiger partial charge is 0.465 e. The number of rotatable bonds is 0. The fourth-order valence-corrected chi connectivity index (χ4v) is 3.05. The lowest BCUT2D eigenvalue weighted by Gasteiger charge is -2.42. The second-order valence-electron chi connectivity index (χ2n) is 4.94. The minimum absolute atomic E-state index is 0.222. The van der Waals surface area contributed by atoms with E-state index in [9.17, 15) is 18.0 Å². The van der Waals surface area contributed by atoms with Crippen LogP contribution in [0.4, 0.5) is 18.0 Å². The highest BCUT2D eigenvalue weighted by molar-refractivity contribution is 5.67. The van der Waals surface area contributed by atoms with Crippen molar-refractivity contribution < 1.29 is 23.1 Å². The molecule has 2 rings (SSSR count). The molecule has 1 atom stereocenters. The molecule has 2 heterocycles. The Morgan fingerprint density at radius 2 is 1.82 bits per heavy atom. The minimum Gasteiger partial charge on any atom is -0.465 e. The van der Waals surface area contributed by atoms with Crippen LogP contribution in [0, 0.1) is 5.41 Å². The van der Waals surface area contributed by atoms with Crippen molar-refractivity contribution in [2.24, 2.45) is 5.41 Å². The van der Waals surface area contributed by atoms with Gasteiger partial charge in [0.15, 0.2) is 5.79 Å². The third kappa shape index (κ3) is 1.59. The van der Waals surface area contributed by atoms with Crippen molar-refractivity contribution in [2.45, 2.75) is 38.0 Å². The molecule has 7 heteroatoms. The van der Waals surface area contributed by atoms with Crippen molar-refractivity contribution >= 4 is 6.09 Å². The average Bonchev–Trinajstić information content (AvgIpc) is 2.29. The molecule has 1 unspecified atom stereocenters. The van der Waals surface area contributed by atoms with Crippen molar-refractivity contribution in [2.75, 3.05) is 13.1 Å². The molecule has 2 aliphatic rings. The topological polar surface area (TPSA) is 52.6 Å². The fraction of sp³-hybridized carbons (Fsp3) is 0.900. The van der Waals surface area contributed by atoms with Crippen LogP contribution >= 0.6 is 0 Å². The Kier molecular flexibility index (Phi) is 2.57. The summed E-state index contributed by atoms with van der Waals surface area (Å²) in [6, 6.07) is -3.63. The van der Waals surface area contributed by atoms with Crippen LogP contribution in [0.25, 0.3) is 0 Å². The zero-order valence-corrected chi connectivity index (χ0v) is 9.47. The maximum absolute atomic E-state index is 14.6. The van der Waals surface area contributed by atoms with Crippen molar-refractivity contribution in [3.05, 3.63) is 0 Å². The van der Waals surface area contributed by atoms with Crippen LogP contribution in [-0.2, 0) is 0 Å². The summed E-state index contributed by atoms with van der Waals surface area (Å²) in [6.07, 6.45) is -2.20. The van der Waals surface area contributed by atoms with Gasteiger partial charge in [-0.2, -0.15) is 8.78 Å². The SMILES string of the molecule is CC1(F)N(C(=O)O)C(F)(F)CC12CCNCC2. The summed E-state index contributed by atoms with van der Waals surface area (Å²) in [5, 5.41) is 11.8. The molecule has 17 heavy (non-hydrogen) atoms. The number of hydrogen-bond donors (Lipinski definition) is 2. The summed E-state index contributed by atoms with van der Waals surface area (Å²) in [6.45, 7) is 1.82. The van der Waals surface area contributed by atoms with Gasteiger partial charge in [0.1, 0.15) is 0 Å². The number of piperidine rings is 1. The zero-order chi connectivity index (χ0) is 12.9. The van der Waals surface area contributed by atoms with E-state index in [0.717, 1.165) is 6.92 Å². The molecule has 2 fully saturated rings. The molecule has 0 radical (unpaired) electrons. The summed E-state index contributed by atoms with van der Waals surface area (Å²) < 4.78 is 41.9. The third-order valence-electron chi connectivity index (χ3n) is 4.02. The van der Waals surface area contributed by atoms with Crippen LogP contribution in [0.5, 0.6) is 0 Å². The maximum Gasteiger partial charge on any atom is 0.414 e. The van der Waals surface area contributed by atoms with Gasteiger partial charge in [-0.1, -0.05) is 0 Å². The number of amides is 1. The highest BCUT2D eigenvalue weighted by atomic mass is 19.3. The summed E-state index contributed by atoms with van der Waals surface area (Å²) in [5.41, 5.74) is -1.28. The molecule has 0 aromatic heterocycles. The standard InChI is InChI=1S/C10H15F3N2O2/c1-8(11)9(2-4-14-5-3-9)6-10(12,13)15(8)7(16)17/h14H,2-6H2,1H3,(H,16,17). The summed E-state index contributed by atoms with van der Waals surface area (Å²) >= 11 is 0. The molecular weight excluding hydrogens is 237 g/mol. The van der Waals surface area contributed by atoms with E-state index >= 15 is 0 Å². The van der Waals surface area contributed by atoms with Crippen molar-refractivity contribution in [3.63, 3.8) is 0 Å². The first-order valence-electron chi connectivity index (χ1n) is 5.54. The molecule has 98 valence electrons. The van der Waals surface area contributed by atoms with Crippen molar-refractivity contribution in [1.29, 1.82) is 0 Å². The van der Waals surface area contributed by atoms with E-state index in [1.165, 1.54) is 0 Å². The molecule has 1 spiro atoms. The van der Waals surface area contributed by atoms with E-state index in [0.29, 0.717) is 13.1 Å². The smallest absolute Gasteiger partial charge is 0.414 e. The number of nitrogens with zero attached hydrogens (tertiary/aromatic N) is 1. The van der Waals surface area contributed by atoms with Crippen LogP contribution < -0.4 is 5.32 Å². The van der Waals surface area contributed by atoms with E-state index in [1.807, 2.05) is 0 Å². The van der Waals surface area contributed by atoms with Crippen LogP contribution in [0.3, 0.4) is 0 Å². The second kappa shape index (κ2) is 3.51. The van der Waals surface area contributed by atoms with Gasteiger partial charge in [0.05, 0.1) is 0 Å². The number of carboxylic acid groups (broad SMARTS) is 1. The third-order valence-corrected chi connectivity index (χ3v) is 4.02. The first-order valence-corrected chi connectivity index (χ1v) is 5.54. The molecule has 0 bridgehead atoms. The van der Waals surface area contributed by atoms with Gasteiger partial charge in [-0.25, -0.2) is 14.1 Å². The molecule has 2 N–H and O–H groups in total. The number of hydrogen-bond acceptors (Lipinski definition) is 2. The molecular formula is C10H15F3N2O2. The molecule has 2 aliphatic heterocycles. The Morgan fingerprint density at radius 3 is 2.24 bits per heavy atom. The molecule has 0 saturated carbocycles. The van der Waals surface area contributed by atoms with Gasteiger partial charge in [-0.15, -0.1) is 0 Å². The quantitative estimate of drug-likeness (QED) is 0.648. The van der Waals surface area contributed by atoms with Gasteiger partial charge >= 0.3 is 12.1 Å². The highest BCUT2D eigenvalue weighted by Gasteiger charge is 2.70. The number of carbonyl (C=O) groups is 1. The monoisotopic (exact) mass is 252 g/mol. The first kappa shape index (κ1) is 12.5. The predicted octanol–water partition coefficient (Wildman–Crippen LogP) is 2.02. The van der Waals surface area contributed by atoms with Gasteiger partial charge in [-0.05, 0) is 32.9 Å². The Labute approximate surface area is 96.8 Å². The molecule has 0 aromatic rings. The number of alkyl halides is 3. The number of nitrogens with one attached hydrogen (secondary N) is 1. The Hall–Kier alpha value is -0.980. The maximum atomic E-state index is 14.6. The molecule has 1 amide bonds. The van der Waals surface area contributed by atoms with Crippen LogP contribution in [-0.4, -0.2) is 41.0 Å². The minimum atomic E-state index is -3.63. The summed E-state index contributed by atoms with van der Waals surface area (Å²) in [5.74, 6) is -2.52. The summed E-state index contributed by atoms with van der Waals surface area (Å²) in [4.78, 5) is 10.5. The average molecular weight is 252 g/mol. The molecule has 0 aromatic carbocycles. The lowest BCUT2D eigenvalue weighted by atomic mass is 9.71. The number of likely N-dealkylation sites (tertiary alicyclic amines) is 1. The zero-order valence-electron chi connectivity index (χ0n) is 9.47. The Balaban J connectivity index is 2.41. The van der Waals surface area contributed by atoms with E-state index in [-0.39, 0.29) is 17.7 Å². The predicted molar refractivity (Wildman–Crippen MR) is 53.5 cm³/mol. The molecule has 0 aliphatic carbocycles. The van der Waals surface area contributed by atoms with Gasteiger partial charge in [0.2, 0.25) is 0 Å². The summed E-state index contributed by atoms with van der Waals surface area (Å²) in [7, 11) is 0.